The number of nitrogens with two attached hydrogens (primary N) is 1. The summed E-state index contributed by atoms with van der Waals surface area (Å²) in [6.07, 6.45) is 4.76. The topological polar surface area (TPSA) is 82.2 Å². The summed E-state index contributed by atoms with van der Waals surface area (Å²) in [5, 5.41) is 11.5. The fourth-order valence-electron chi connectivity index (χ4n) is 2.49. The van der Waals surface area contributed by atoms with E-state index in [9.17, 15) is 4.79 Å². The van der Waals surface area contributed by atoms with Crippen LogP contribution in [0, 0.1) is 5.92 Å². The molecule has 2 aliphatic rings. The van der Waals surface area contributed by atoms with Gasteiger partial charge >= 0.3 is 6.03 Å². The highest BCUT2D eigenvalue weighted by atomic mass is 16.4. The van der Waals surface area contributed by atoms with Crippen molar-refractivity contribution >= 4 is 11.9 Å². The lowest BCUT2D eigenvalue weighted by Crippen LogP contribution is -2.48. The molecule has 0 aromatic heterocycles. The van der Waals surface area contributed by atoms with E-state index in [1.807, 2.05) is 9.80 Å². The molecule has 1 saturated carbocycles. The fourth-order valence-corrected chi connectivity index (χ4v) is 2.49. The number of carbonyl (C=O) groups excluding carboxylic acids is 1. The Kier molecular flexibility index (Phi) is 4.50. The minimum atomic E-state index is 0.125. The monoisotopic (exact) mass is 268 g/mol. The van der Waals surface area contributed by atoms with E-state index in [-0.39, 0.29) is 11.9 Å². The van der Waals surface area contributed by atoms with Gasteiger partial charge in [-0.3, -0.25) is 0 Å². The van der Waals surface area contributed by atoms with E-state index >= 15 is 0 Å². The molecule has 1 aliphatic carbocycles. The lowest BCUT2D eigenvalue weighted by atomic mass is 9.99. The summed E-state index contributed by atoms with van der Waals surface area (Å²) < 4.78 is 0. The molecule has 0 aromatic rings. The van der Waals surface area contributed by atoms with E-state index in [1.54, 1.807) is 0 Å². The Hall–Kier alpha value is -1.46. The third-order valence-electron chi connectivity index (χ3n) is 4.02. The Morgan fingerprint density at radius 3 is 2.53 bits per heavy atom. The van der Waals surface area contributed by atoms with Crippen LogP contribution in [-0.2, 0) is 0 Å². The number of oxime groups is 1. The fraction of sp³-hybridized carbons (Fsp3) is 0.846. The standard InChI is InChI=1S/C13H24N4O2/c1-10-4-7-16(8-5-10)13(18)17(11-2-3-11)9-6-12(14)15-19/h10-11,19H,2-9H2,1H3,(H2,14,15). The van der Waals surface area contributed by atoms with Crippen molar-refractivity contribution in [3.8, 4) is 0 Å². The van der Waals surface area contributed by atoms with Gasteiger partial charge in [0.25, 0.3) is 0 Å². The molecule has 6 nitrogen and oxygen atoms in total. The Balaban J connectivity index is 1.89. The third kappa shape index (κ3) is 3.75. The molecule has 108 valence electrons. The zero-order chi connectivity index (χ0) is 13.8. The molecule has 2 rings (SSSR count). The quantitative estimate of drug-likeness (QED) is 0.350. The summed E-state index contributed by atoms with van der Waals surface area (Å²) >= 11 is 0. The Morgan fingerprint density at radius 2 is 2.00 bits per heavy atom. The lowest BCUT2D eigenvalue weighted by molar-refractivity contribution is 0.133. The predicted octanol–water partition coefficient (Wildman–Crippen LogP) is 1.44. The zero-order valence-corrected chi connectivity index (χ0v) is 11.6. The maximum absolute atomic E-state index is 12.5. The Bertz CT molecular complexity index is 347. The van der Waals surface area contributed by atoms with Crippen molar-refractivity contribution < 1.29 is 10.0 Å². The van der Waals surface area contributed by atoms with Gasteiger partial charge in [0.2, 0.25) is 0 Å². The number of piperidine rings is 1. The summed E-state index contributed by atoms with van der Waals surface area (Å²) in [6, 6.07) is 0.485. The largest absolute Gasteiger partial charge is 0.409 e. The highest BCUT2D eigenvalue weighted by molar-refractivity contribution is 5.81. The van der Waals surface area contributed by atoms with Crippen LogP contribution in [0.1, 0.15) is 39.0 Å². The number of urea groups is 1. The summed E-state index contributed by atoms with van der Waals surface area (Å²) in [5.74, 6) is 0.904. The van der Waals surface area contributed by atoms with Crippen molar-refractivity contribution in [2.45, 2.75) is 45.1 Å². The minimum absolute atomic E-state index is 0.125. The maximum Gasteiger partial charge on any atom is 0.320 e. The Morgan fingerprint density at radius 1 is 1.37 bits per heavy atom. The van der Waals surface area contributed by atoms with Gasteiger partial charge in [0.05, 0.1) is 0 Å². The van der Waals surface area contributed by atoms with Gasteiger partial charge in [-0.25, -0.2) is 4.79 Å². The first-order valence-electron chi connectivity index (χ1n) is 7.13. The van der Waals surface area contributed by atoms with Gasteiger partial charge in [-0.1, -0.05) is 12.1 Å². The summed E-state index contributed by atoms with van der Waals surface area (Å²) in [7, 11) is 0. The van der Waals surface area contributed by atoms with E-state index in [2.05, 4.69) is 12.1 Å². The van der Waals surface area contributed by atoms with E-state index in [1.165, 1.54) is 0 Å². The van der Waals surface area contributed by atoms with Crippen molar-refractivity contribution in [3.63, 3.8) is 0 Å². The van der Waals surface area contributed by atoms with Crippen molar-refractivity contribution in [1.82, 2.24) is 9.80 Å². The zero-order valence-electron chi connectivity index (χ0n) is 11.6. The molecular weight excluding hydrogens is 244 g/mol. The Labute approximate surface area is 114 Å². The number of nitrogens with zero attached hydrogens (tertiary/aromatic N) is 3. The molecule has 0 radical (unpaired) electrons. The molecule has 1 aliphatic heterocycles. The lowest BCUT2D eigenvalue weighted by Gasteiger charge is -2.35. The highest BCUT2D eigenvalue weighted by Gasteiger charge is 2.35. The maximum atomic E-state index is 12.5. The van der Waals surface area contributed by atoms with Gasteiger partial charge in [0.1, 0.15) is 5.84 Å². The third-order valence-corrected chi connectivity index (χ3v) is 4.02. The number of rotatable bonds is 4. The summed E-state index contributed by atoms with van der Waals surface area (Å²) in [5.41, 5.74) is 5.49. The average Bonchev–Trinajstić information content (AvgIpc) is 3.24. The molecule has 0 atom stereocenters. The predicted molar refractivity (Wildman–Crippen MR) is 73.1 cm³/mol. The highest BCUT2D eigenvalue weighted by Crippen LogP contribution is 2.29. The molecule has 0 aromatic carbocycles. The van der Waals surface area contributed by atoms with Crippen molar-refractivity contribution in [3.05, 3.63) is 0 Å². The molecule has 1 saturated heterocycles. The first-order valence-corrected chi connectivity index (χ1v) is 7.13. The smallest absolute Gasteiger partial charge is 0.320 e. The second-order valence-electron chi connectivity index (χ2n) is 5.72. The normalized spacial score (nSPS) is 21.5. The molecule has 2 fully saturated rings. The molecule has 19 heavy (non-hydrogen) atoms. The summed E-state index contributed by atoms with van der Waals surface area (Å²) in [4.78, 5) is 16.3. The van der Waals surface area contributed by atoms with Crippen LogP contribution < -0.4 is 5.73 Å². The van der Waals surface area contributed by atoms with E-state index < -0.39 is 0 Å². The molecule has 0 spiro atoms. The molecular formula is C13H24N4O2. The average molecular weight is 268 g/mol. The van der Waals surface area contributed by atoms with Crippen molar-refractivity contribution in [1.29, 1.82) is 0 Å². The van der Waals surface area contributed by atoms with Crippen LogP contribution >= 0.6 is 0 Å². The van der Waals surface area contributed by atoms with Gasteiger partial charge in [-0.05, 0) is 31.6 Å². The van der Waals surface area contributed by atoms with Gasteiger partial charge in [0, 0.05) is 32.1 Å². The number of likely N-dealkylation sites (tertiary alicyclic amines) is 1. The van der Waals surface area contributed by atoms with Crippen molar-refractivity contribution in [2.24, 2.45) is 16.8 Å². The van der Waals surface area contributed by atoms with Crippen molar-refractivity contribution in [2.75, 3.05) is 19.6 Å². The van der Waals surface area contributed by atoms with Crippen LogP contribution in [-0.4, -0.2) is 52.5 Å². The van der Waals surface area contributed by atoms with E-state index in [4.69, 9.17) is 10.9 Å². The molecule has 0 bridgehead atoms. The van der Waals surface area contributed by atoms with E-state index in [0.717, 1.165) is 44.7 Å². The molecule has 0 unspecified atom stereocenters. The van der Waals surface area contributed by atoms with E-state index in [0.29, 0.717) is 19.0 Å². The van der Waals surface area contributed by atoms with Gasteiger partial charge in [0.15, 0.2) is 0 Å². The molecule has 6 heteroatoms. The number of hydrogen-bond donors (Lipinski definition) is 2. The first-order chi connectivity index (χ1) is 9.11. The second-order valence-corrected chi connectivity index (χ2v) is 5.72. The van der Waals surface area contributed by atoms with Crippen LogP contribution in [0.2, 0.25) is 0 Å². The second kappa shape index (κ2) is 6.12. The minimum Gasteiger partial charge on any atom is -0.409 e. The summed E-state index contributed by atoms with van der Waals surface area (Å²) in [6.45, 7) is 4.49. The van der Waals surface area contributed by atoms with Gasteiger partial charge in [-0.15, -0.1) is 0 Å². The number of amidine groups is 1. The molecule has 2 amide bonds. The van der Waals surface area contributed by atoms with Crippen LogP contribution in [0.4, 0.5) is 4.79 Å². The molecule has 1 heterocycles. The number of hydrogen-bond acceptors (Lipinski definition) is 3. The first kappa shape index (κ1) is 14.0. The van der Waals surface area contributed by atoms with Crippen LogP contribution in [0.3, 0.4) is 0 Å². The SMILES string of the molecule is CC1CCN(C(=O)N(CCC(N)=NO)C2CC2)CC1. The van der Waals surface area contributed by atoms with Crippen LogP contribution in [0.15, 0.2) is 5.16 Å². The number of carbonyl (C=O) groups is 1. The molecule has 3 N–H and O–H groups in total. The van der Waals surface area contributed by atoms with Crippen LogP contribution in [0.5, 0.6) is 0 Å². The van der Waals surface area contributed by atoms with Gasteiger partial charge < -0.3 is 20.7 Å². The van der Waals surface area contributed by atoms with Gasteiger partial charge in [-0.2, -0.15) is 0 Å². The number of amides is 2. The van der Waals surface area contributed by atoms with Crippen LogP contribution in [0.25, 0.3) is 0 Å².